The summed E-state index contributed by atoms with van der Waals surface area (Å²) in [5, 5.41) is 153. The van der Waals surface area contributed by atoms with Gasteiger partial charge in [-0.15, -0.1) is 0 Å². The van der Waals surface area contributed by atoms with Crippen molar-refractivity contribution in [2.75, 3.05) is 26.4 Å². The van der Waals surface area contributed by atoms with Crippen molar-refractivity contribution in [1.29, 1.82) is 0 Å². The maximum Gasteiger partial charge on any atom is 0.335 e. The van der Waals surface area contributed by atoms with Gasteiger partial charge in [-0.3, -0.25) is 4.79 Å². The summed E-state index contributed by atoms with van der Waals surface area (Å²) in [5.74, 6) is -2.46. The first-order valence-corrected chi connectivity index (χ1v) is 28.3. The van der Waals surface area contributed by atoms with Crippen LogP contribution in [0.1, 0.15) is 107 Å². The summed E-state index contributed by atoms with van der Waals surface area (Å²) in [4.78, 5) is 26.0. The Morgan fingerprint density at radius 2 is 1.20 bits per heavy atom. The van der Waals surface area contributed by atoms with Gasteiger partial charge in [0.15, 0.2) is 31.3 Å². The monoisotopic (exact) mass is 1150 g/mol. The fraction of sp³-hybridized carbons (Fsp3) is 0.927. The van der Waals surface area contributed by atoms with E-state index in [0.717, 1.165) is 6.42 Å². The molecule has 8 fully saturated rings. The van der Waals surface area contributed by atoms with Crippen LogP contribution < -0.4 is 0 Å². The molecule has 4 aliphatic heterocycles. The second kappa shape index (κ2) is 22.6. The molecular weight excluding hydrogens is 1060 g/mol. The van der Waals surface area contributed by atoms with Gasteiger partial charge in [-0.25, -0.2) is 4.79 Å². The Morgan fingerprint density at radius 3 is 1.76 bits per heavy atom. The summed E-state index contributed by atoms with van der Waals surface area (Å²) in [6, 6.07) is 0. The van der Waals surface area contributed by atoms with Gasteiger partial charge in [0.05, 0.1) is 44.1 Å². The van der Waals surface area contributed by atoms with E-state index in [9.17, 15) is 81.1 Å². The number of aliphatic carboxylic acids is 1. The lowest BCUT2D eigenvalue weighted by atomic mass is 9.33. The summed E-state index contributed by atoms with van der Waals surface area (Å²) in [6.45, 7) is 13.8. The van der Waals surface area contributed by atoms with Gasteiger partial charge in [0.1, 0.15) is 91.6 Å². The number of ether oxygens (including phenoxy) is 9. The Hall–Kier alpha value is -2.16. The van der Waals surface area contributed by atoms with Crippen LogP contribution in [0.4, 0.5) is 0 Å². The van der Waals surface area contributed by atoms with E-state index in [1.54, 1.807) is 0 Å². The fourth-order valence-electron chi connectivity index (χ4n) is 16.9. The number of esters is 1. The second-order valence-electron chi connectivity index (χ2n) is 26.7. The topological polar surface area (TPSA) is 400 Å². The van der Waals surface area contributed by atoms with Gasteiger partial charge in [-0.05, 0) is 96.2 Å². The standard InChI is InChI=1S/C55H88O25/c1-22(59)73-32-17-54(8)23(24-15-50(2,3)16-30(61)55(24,32)21-58)9-10-29-52(6)13-12-31(51(4,5)28(52)11-14-53(29,54)7)76-49-44(80-47-39(68)37(66)35(64)27(19-57)75-47)41(40(69)42(78-49)45(70)71)77-48-43(33(62)25(60)20-72-48)79-46-38(67)36(65)34(63)26(18-56)74-46/h9,24-44,46-49,56-58,60-69H,10-21H2,1-8H3,(H,70,71)/t24-,25-,26+,27+,28-,29+,30-,31-,32+,33-,34+,35-,36-,37-,38+,39+,40-,41-,42-,43+,44+,46-,47-,48-,49+,52-,53+,54+,55+/m0/s1. The lowest BCUT2D eigenvalue weighted by Gasteiger charge is -2.72. The molecule has 0 aromatic rings. The molecule has 4 heterocycles. The molecule has 0 amide bonds. The predicted molar refractivity (Wildman–Crippen MR) is 270 cm³/mol. The number of hydrogen-bond donors (Lipinski definition) is 14. The molecule has 80 heavy (non-hydrogen) atoms. The zero-order valence-electron chi connectivity index (χ0n) is 46.7. The average Bonchev–Trinajstić information content (AvgIpc) is 3.05. The molecule has 29 atom stereocenters. The van der Waals surface area contributed by atoms with Gasteiger partial charge in [0.2, 0.25) is 0 Å². The highest BCUT2D eigenvalue weighted by Crippen LogP contribution is 2.76. The van der Waals surface area contributed by atoms with Crippen molar-refractivity contribution < 1.29 is 124 Å². The molecule has 25 heteroatoms. The average molecular weight is 1150 g/mol. The second-order valence-corrected chi connectivity index (χ2v) is 26.7. The molecule has 0 aromatic heterocycles. The number of aliphatic hydroxyl groups is 13. The highest BCUT2D eigenvalue weighted by Gasteiger charge is 2.72. The minimum atomic E-state index is -2.22. The SMILES string of the molecule is CC(=O)O[C@@H]1C[C@]2(C)C(=CC[C@@H]3[C@@]4(C)CC[C@H](O[C@@H]5O[C@H](C(=O)O)[C@@H](O)[C@H](O[C@@H]6OC[C@H](O)[C@H](O)[C@H]6O[C@@H]6O[C@H](CO)[C@@H](O)[C@H](O)[C@H]6O)[C@H]5O[C@@H]5O[C@H](CO)[C@H](O)[C@H](O)[C@H]5O)C(C)(C)[C@@H]4CC[C@]32C)[C@@H]2CC(C)(C)C[C@H](O)[C@]12CO. The number of carboxylic acid groups (broad SMARTS) is 1. The Kier molecular flexibility index (Phi) is 17.6. The van der Waals surface area contributed by atoms with Crippen LogP contribution >= 0.6 is 0 Å². The van der Waals surface area contributed by atoms with Gasteiger partial charge in [-0.1, -0.05) is 60.1 Å². The van der Waals surface area contributed by atoms with E-state index in [2.05, 4.69) is 40.7 Å². The van der Waals surface area contributed by atoms with Gasteiger partial charge >= 0.3 is 11.9 Å². The molecule has 0 aromatic carbocycles. The van der Waals surface area contributed by atoms with Crippen LogP contribution in [0, 0.1) is 50.2 Å². The molecule has 9 rings (SSSR count). The van der Waals surface area contributed by atoms with Crippen LogP contribution in [-0.2, 0) is 52.2 Å². The van der Waals surface area contributed by atoms with E-state index in [4.69, 9.17) is 42.6 Å². The molecule has 25 nitrogen and oxygen atoms in total. The maximum absolute atomic E-state index is 13.1. The minimum absolute atomic E-state index is 0.0591. The van der Waals surface area contributed by atoms with E-state index in [1.807, 2.05) is 13.8 Å². The number of hydrogen-bond acceptors (Lipinski definition) is 24. The first kappa shape index (κ1) is 62.4. The summed E-state index contributed by atoms with van der Waals surface area (Å²) in [7, 11) is 0. The number of allylic oxidation sites excluding steroid dienone is 2. The molecular formula is C55H88O25. The van der Waals surface area contributed by atoms with Gasteiger partial charge in [0.25, 0.3) is 0 Å². The molecule has 0 bridgehead atoms. The first-order valence-electron chi connectivity index (χ1n) is 28.3. The zero-order chi connectivity index (χ0) is 58.7. The number of carbonyl (C=O) groups is 2. The van der Waals surface area contributed by atoms with E-state index >= 15 is 0 Å². The minimum Gasteiger partial charge on any atom is -0.479 e. The molecule has 4 saturated heterocycles. The Balaban J connectivity index is 1.04. The molecule has 14 N–H and O–H groups in total. The zero-order valence-corrected chi connectivity index (χ0v) is 46.7. The Morgan fingerprint density at radius 1 is 0.613 bits per heavy atom. The highest BCUT2D eigenvalue weighted by molar-refractivity contribution is 5.73. The number of aliphatic hydroxyl groups excluding tert-OH is 13. The van der Waals surface area contributed by atoms with Crippen LogP contribution in [0.25, 0.3) is 0 Å². The molecule has 0 unspecified atom stereocenters. The third-order valence-corrected chi connectivity index (χ3v) is 21.4. The molecule has 4 saturated carbocycles. The molecule has 0 spiro atoms. The summed E-state index contributed by atoms with van der Waals surface area (Å²) in [6.07, 6.45) is -31.6. The lowest BCUT2D eigenvalue weighted by molar-refractivity contribution is -0.401. The van der Waals surface area contributed by atoms with Gasteiger partial charge < -0.3 is 114 Å². The summed E-state index contributed by atoms with van der Waals surface area (Å²) < 4.78 is 54.9. The first-order chi connectivity index (χ1) is 37.4. The highest BCUT2D eigenvalue weighted by atomic mass is 16.8. The smallest absolute Gasteiger partial charge is 0.335 e. The van der Waals surface area contributed by atoms with E-state index in [-0.39, 0.29) is 40.6 Å². The number of carbonyl (C=O) groups excluding carboxylic acids is 1. The van der Waals surface area contributed by atoms with E-state index in [0.29, 0.717) is 44.9 Å². The molecule has 5 aliphatic carbocycles. The van der Waals surface area contributed by atoms with Crippen LogP contribution in [0.15, 0.2) is 11.6 Å². The van der Waals surface area contributed by atoms with Crippen molar-refractivity contribution in [3.05, 3.63) is 11.6 Å². The maximum atomic E-state index is 13.1. The number of rotatable bonds is 13. The van der Waals surface area contributed by atoms with Crippen molar-refractivity contribution in [1.82, 2.24) is 0 Å². The Bertz CT molecular complexity index is 2250. The normalized spacial score (nSPS) is 52.8. The molecule has 458 valence electrons. The van der Waals surface area contributed by atoms with Crippen molar-refractivity contribution in [2.24, 2.45) is 50.2 Å². The van der Waals surface area contributed by atoms with Crippen LogP contribution in [0.3, 0.4) is 0 Å². The Labute approximate surface area is 464 Å². The van der Waals surface area contributed by atoms with Gasteiger partial charge in [-0.2, -0.15) is 0 Å². The third kappa shape index (κ3) is 10.1. The predicted octanol–water partition coefficient (Wildman–Crippen LogP) is -2.32. The molecule has 9 aliphatic rings. The van der Waals surface area contributed by atoms with Crippen molar-refractivity contribution >= 4 is 11.9 Å². The van der Waals surface area contributed by atoms with Crippen LogP contribution in [0.5, 0.6) is 0 Å². The summed E-state index contributed by atoms with van der Waals surface area (Å²) in [5.41, 5.74) is -2.21. The largest absolute Gasteiger partial charge is 0.479 e. The van der Waals surface area contributed by atoms with E-state index in [1.165, 1.54) is 12.5 Å². The molecule has 0 radical (unpaired) electrons. The number of fused-ring (bicyclic) bond motifs is 7. The van der Waals surface area contributed by atoms with E-state index < -0.39 is 183 Å². The van der Waals surface area contributed by atoms with Crippen molar-refractivity contribution in [3.63, 3.8) is 0 Å². The quantitative estimate of drug-likeness (QED) is 0.0523. The van der Waals surface area contributed by atoms with Crippen molar-refractivity contribution in [2.45, 2.75) is 242 Å². The lowest BCUT2D eigenvalue weighted by Crippen LogP contribution is -2.70. The van der Waals surface area contributed by atoms with Crippen LogP contribution in [-0.4, -0.2) is 245 Å². The van der Waals surface area contributed by atoms with Crippen LogP contribution in [0.2, 0.25) is 0 Å². The number of carboxylic acids is 1. The fourth-order valence-corrected chi connectivity index (χ4v) is 16.9. The van der Waals surface area contributed by atoms with Crippen molar-refractivity contribution in [3.8, 4) is 0 Å². The summed E-state index contributed by atoms with van der Waals surface area (Å²) >= 11 is 0. The van der Waals surface area contributed by atoms with Gasteiger partial charge in [0, 0.05) is 6.92 Å². The third-order valence-electron chi connectivity index (χ3n) is 21.4.